The van der Waals surface area contributed by atoms with E-state index < -0.39 is 0 Å². The van der Waals surface area contributed by atoms with Gasteiger partial charge in [0.15, 0.2) is 0 Å². The Kier molecular flexibility index (Phi) is 5.38. The molecule has 0 saturated heterocycles. The molecule has 1 nitrogen and oxygen atoms in total. The summed E-state index contributed by atoms with van der Waals surface area (Å²) in [4.78, 5) is 1.32. The van der Waals surface area contributed by atoms with Crippen molar-refractivity contribution in [1.29, 1.82) is 0 Å². The minimum absolute atomic E-state index is 0.310. The van der Waals surface area contributed by atoms with E-state index in [-0.39, 0.29) is 0 Å². The van der Waals surface area contributed by atoms with Crippen molar-refractivity contribution in [2.75, 3.05) is 6.54 Å². The first-order valence-corrected chi connectivity index (χ1v) is 6.72. The Labute approximate surface area is 104 Å². The minimum Gasteiger partial charge on any atom is -0.308 e. The molecule has 15 heavy (non-hydrogen) atoms. The van der Waals surface area contributed by atoms with Gasteiger partial charge in [0.05, 0.1) is 9.83 Å². The summed E-state index contributed by atoms with van der Waals surface area (Å²) in [5, 5.41) is 3.47. The average Bonchev–Trinajstić information content (AvgIpc) is 2.54. The Hall–Kier alpha value is -0.300. The number of hydrogen-bond acceptors (Lipinski definition) is 2. The van der Waals surface area contributed by atoms with Crippen LogP contribution in [0.2, 0.25) is 0 Å². The molecule has 0 radical (unpaired) electrons. The van der Waals surface area contributed by atoms with Gasteiger partial charge in [0.25, 0.3) is 0 Å². The normalized spacial score (nSPS) is 12.4. The highest BCUT2D eigenvalue weighted by Gasteiger charge is 2.13. The van der Waals surface area contributed by atoms with Crippen LogP contribution >= 0.6 is 27.3 Å². The molecule has 0 aliphatic heterocycles. The summed E-state index contributed by atoms with van der Waals surface area (Å²) in [5.41, 5.74) is 1.29. The van der Waals surface area contributed by atoms with E-state index in [1.807, 2.05) is 0 Å². The van der Waals surface area contributed by atoms with Crippen LogP contribution in [0.15, 0.2) is 9.85 Å². The molecule has 0 saturated carbocycles. The van der Waals surface area contributed by atoms with E-state index in [1.54, 1.807) is 11.3 Å². The number of nitrogens with one attached hydrogen (secondary N) is 1. The fraction of sp³-hybridized carbons (Fsp3) is 0.500. The lowest BCUT2D eigenvalue weighted by molar-refractivity contribution is 0.550. The van der Waals surface area contributed by atoms with Gasteiger partial charge in [0, 0.05) is 11.3 Å². The largest absolute Gasteiger partial charge is 0.308 e. The maximum Gasteiger partial charge on any atom is 0.0731 e. The molecule has 1 heterocycles. The molecular formula is C12H16BrNS. The predicted octanol–water partition coefficient (Wildman–Crippen LogP) is 3.88. The van der Waals surface area contributed by atoms with Crippen LogP contribution in [0.5, 0.6) is 0 Å². The Morgan fingerprint density at radius 1 is 1.67 bits per heavy atom. The topological polar surface area (TPSA) is 12.0 Å². The molecule has 0 aromatic carbocycles. The van der Waals surface area contributed by atoms with Crippen molar-refractivity contribution in [2.24, 2.45) is 0 Å². The average molecular weight is 286 g/mol. The number of rotatable bonds is 5. The maximum atomic E-state index is 5.39. The first-order chi connectivity index (χ1) is 7.19. The quantitative estimate of drug-likeness (QED) is 0.810. The molecule has 1 atom stereocenters. The fourth-order valence-electron chi connectivity index (χ4n) is 1.37. The van der Waals surface area contributed by atoms with Crippen molar-refractivity contribution in [1.82, 2.24) is 5.32 Å². The Balaban J connectivity index is 2.75. The van der Waals surface area contributed by atoms with Gasteiger partial charge in [-0.05, 0) is 47.4 Å². The summed E-state index contributed by atoms with van der Waals surface area (Å²) in [6, 6.07) is 2.52. The van der Waals surface area contributed by atoms with Gasteiger partial charge in [-0.25, -0.2) is 0 Å². The summed E-state index contributed by atoms with van der Waals surface area (Å²) in [6.45, 7) is 5.28. The standard InChI is InChI=1S/C12H16BrNS/c1-4-6-10(14-7-5-2)11-8-9(3)12(13)15-11/h1,8,10,14H,5-7H2,2-3H3. The third-order valence-corrected chi connectivity index (χ3v) is 4.43. The van der Waals surface area contributed by atoms with E-state index in [0.29, 0.717) is 6.04 Å². The van der Waals surface area contributed by atoms with E-state index in [2.05, 4.69) is 47.1 Å². The molecule has 3 heteroatoms. The monoisotopic (exact) mass is 285 g/mol. The lowest BCUT2D eigenvalue weighted by Gasteiger charge is -2.13. The molecule has 1 rings (SSSR count). The van der Waals surface area contributed by atoms with Crippen LogP contribution in [0.4, 0.5) is 0 Å². The number of thiophene rings is 1. The third kappa shape index (κ3) is 3.64. The van der Waals surface area contributed by atoms with Gasteiger partial charge >= 0.3 is 0 Å². The Morgan fingerprint density at radius 3 is 2.87 bits per heavy atom. The number of aryl methyl sites for hydroxylation is 1. The maximum absolute atomic E-state index is 5.39. The van der Waals surface area contributed by atoms with Gasteiger partial charge in [0.2, 0.25) is 0 Å². The molecule has 1 N–H and O–H groups in total. The second kappa shape index (κ2) is 6.32. The lowest BCUT2D eigenvalue weighted by Crippen LogP contribution is -2.20. The van der Waals surface area contributed by atoms with Gasteiger partial charge in [-0.3, -0.25) is 0 Å². The molecule has 0 amide bonds. The first-order valence-electron chi connectivity index (χ1n) is 5.11. The van der Waals surface area contributed by atoms with Crippen molar-refractivity contribution < 1.29 is 0 Å². The molecule has 0 aliphatic carbocycles. The molecule has 0 spiro atoms. The van der Waals surface area contributed by atoms with Crippen molar-refractivity contribution in [3.8, 4) is 12.3 Å². The SMILES string of the molecule is C#CCC(NCCC)c1cc(C)c(Br)s1. The molecular weight excluding hydrogens is 270 g/mol. The van der Waals surface area contributed by atoms with Crippen molar-refractivity contribution in [3.05, 3.63) is 20.3 Å². The summed E-state index contributed by atoms with van der Waals surface area (Å²) in [6.07, 6.45) is 7.27. The van der Waals surface area contributed by atoms with Crippen molar-refractivity contribution in [3.63, 3.8) is 0 Å². The van der Waals surface area contributed by atoms with Crippen LogP contribution in [-0.4, -0.2) is 6.54 Å². The Morgan fingerprint density at radius 2 is 2.40 bits per heavy atom. The second-order valence-electron chi connectivity index (χ2n) is 3.52. The van der Waals surface area contributed by atoms with Gasteiger partial charge < -0.3 is 5.32 Å². The molecule has 1 unspecified atom stereocenters. The molecule has 0 bridgehead atoms. The minimum atomic E-state index is 0.310. The molecule has 0 aliphatic rings. The van der Waals surface area contributed by atoms with Crippen LogP contribution in [0, 0.1) is 19.3 Å². The van der Waals surface area contributed by atoms with Crippen molar-refractivity contribution in [2.45, 2.75) is 32.7 Å². The zero-order valence-electron chi connectivity index (χ0n) is 9.14. The van der Waals surface area contributed by atoms with E-state index in [9.17, 15) is 0 Å². The number of halogens is 1. The van der Waals surface area contributed by atoms with Crippen LogP contribution in [0.3, 0.4) is 0 Å². The zero-order valence-corrected chi connectivity index (χ0v) is 11.5. The first kappa shape index (κ1) is 12.8. The molecule has 1 aromatic heterocycles. The van der Waals surface area contributed by atoms with Gasteiger partial charge in [-0.2, -0.15) is 0 Å². The van der Waals surface area contributed by atoms with Crippen LogP contribution in [-0.2, 0) is 0 Å². The van der Waals surface area contributed by atoms with Crippen molar-refractivity contribution >= 4 is 27.3 Å². The highest BCUT2D eigenvalue weighted by atomic mass is 79.9. The smallest absolute Gasteiger partial charge is 0.0731 e. The van der Waals surface area contributed by atoms with E-state index >= 15 is 0 Å². The zero-order chi connectivity index (χ0) is 11.3. The summed E-state index contributed by atoms with van der Waals surface area (Å²) < 4.78 is 1.21. The molecule has 82 valence electrons. The summed E-state index contributed by atoms with van der Waals surface area (Å²) >= 11 is 5.31. The highest BCUT2D eigenvalue weighted by molar-refractivity contribution is 9.11. The molecule has 1 aromatic rings. The highest BCUT2D eigenvalue weighted by Crippen LogP contribution is 2.32. The number of hydrogen-bond donors (Lipinski definition) is 1. The summed E-state index contributed by atoms with van der Waals surface area (Å²) in [5.74, 6) is 2.73. The van der Waals surface area contributed by atoms with E-state index in [4.69, 9.17) is 6.42 Å². The second-order valence-corrected chi connectivity index (χ2v) is 5.92. The van der Waals surface area contributed by atoms with Crippen LogP contribution < -0.4 is 5.32 Å². The van der Waals surface area contributed by atoms with E-state index in [0.717, 1.165) is 19.4 Å². The van der Waals surface area contributed by atoms with Gasteiger partial charge in [-0.15, -0.1) is 23.7 Å². The van der Waals surface area contributed by atoms with Crippen LogP contribution in [0.25, 0.3) is 0 Å². The number of terminal acetylenes is 1. The Bertz CT molecular complexity index is 331. The van der Waals surface area contributed by atoms with Crippen LogP contribution in [0.1, 0.15) is 36.2 Å². The fourth-order valence-corrected chi connectivity index (χ4v) is 3.01. The van der Waals surface area contributed by atoms with Gasteiger partial charge in [0.1, 0.15) is 0 Å². The molecule has 0 fully saturated rings. The summed E-state index contributed by atoms with van der Waals surface area (Å²) in [7, 11) is 0. The third-order valence-electron chi connectivity index (χ3n) is 2.18. The predicted molar refractivity (Wildman–Crippen MR) is 71.2 cm³/mol. The van der Waals surface area contributed by atoms with Gasteiger partial charge in [-0.1, -0.05) is 6.92 Å². The van der Waals surface area contributed by atoms with E-state index in [1.165, 1.54) is 14.2 Å². The lowest BCUT2D eigenvalue weighted by atomic mass is 10.1.